The molecule has 22 heavy (non-hydrogen) atoms. The van der Waals surface area contributed by atoms with Crippen LogP contribution in [-0.2, 0) is 11.4 Å². The number of benzene rings is 1. The van der Waals surface area contributed by atoms with Crippen molar-refractivity contribution < 1.29 is 9.63 Å². The Morgan fingerprint density at radius 3 is 2.77 bits per heavy atom. The molecule has 0 atom stereocenters. The number of nitrogens with one attached hydrogen (secondary N) is 1. The number of aromatic nitrogens is 1. The number of amides is 1. The monoisotopic (exact) mass is 330 g/mol. The second-order valence-electron chi connectivity index (χ2n) is 4.62. The van der Waals surface area contributed by atoms with Crippen LogP contribution in [0.1, 0.15) is 20.9 Å². The van der Waals surface area contributed by atoms with E-state index in [-0.39, 0.29) is 5.91 Å². The molecule has 0 aliphatic heterocycles. The van der Waals surface area contributed by atoms with Gasteiger partial charge in [-0.1, -0.05) is 36.4 Å². The van der Waals surface area contributed by atoms with Gasteiger partial charge in [-0.15, -0.1) is 22.7 Å². The predicted molar refractivity (Wildman–Crippen MR) is 88.9 cm³/mol. The van der Waals surface area contributed by atoms with Crippen molar-refractivity contribution in [1.29, 1.82) is 0 Å². The number of thiazole rings is 1. The summed E-state index contributed by atoms with van der Waals surface area (Å²) in [5, 5.41) is 2.86. The van der Waals surface area contributed by atoms with Gasteiger partial charge in [0.2, 0.25) is 0 Å². The van der Waals surface area contributed by atoms with E-state index in [1.165, 1.54) is 11.3 Å². The summed E-state index contributed by atoms with van der Waals surface area (Å²) in [6.45, 7) is 2.17. The summed E-state index contributed by atoms with van der Waals surface area (Å²) < 4.78 is 0. The lowest BCUT2D eigenvalue weighted by atomic mass is 10.2. The Kier molecular flexibility index (Phi) is 4.62. The number of nitrogens with zero attached hydrogens (tertiary/aromatic N) is 1. The molecule has 3 aromatic rings. The highest BCUT2D eigenvalue weighted by Crippen LogP contribution is 2.30. The quantitative estimate of drug-likeness (QED) is 0.718. The Bertz CT molecular complexity index is 752. The molecule has 0 bridgehead atoms. The molecule has 4 nitrogen and oxygen atoms in total. The van der Waals surface area contributed by atoms with Gasteiger partial charge in [-0.05, 0) is 23.9 Å². The topological polar surface area (TPSA) is 51.2 Å². The minimum absolute atomic E-state index is 0.256. The summed E-state index contributed by atoms with van der Waals surface area (Å²) in [4.78, 5) is 23.5. The van der Waals surface area contributed by atoms with E-state index in [1.807, 2.05) is 54.8 Å². The minimum atomic E-state index is -0.256. The molecule has 0 radical (unpaired) electrons. The van der Waals surface area contributed by atoms with E-state index < -0.39 is 0 Å². The van der Waals surface area contributed by atoms with Crippen molar-refractivity contribution >= 4 is 28.6 Å². The van der Waals surface area contributed by atoms with Crippen molar-refractivity contribution in [3.63, 3.8) is 0 Å². The summed E-state index contributed by atoms with van der Waals surface area (Å²) in [6, 6.07) is 13.7. The van der Waals surface area contributed by atoms with Crippen LogP contribution < -0.4 is 5.48 Å². The lowest BCUT2D eigenvalue weighted by Gasteiger charge is -2.04. The molecule has 2 heterocycles. The number of rotatable bonds is 5. The third kappa shape index (κ3) is 3.41. The van der Waals surface area contributed by atoms with Crippen molar-refractivity contribution in [3.8, 4) is 9.88 Å². The predicted octanol–water partition coefficient (Wildman–Crippen LogP) is 4.04. The first-order chi connectivity index (χ1) is 10.7. The van der Waals surface area contributed by atoms with Crippen molar-refractivity contribution in [2.45, 2.75) is 13.5 Å². The van der Waals surface area contributed by atoms with Crippen LogP contribution in [0.25, 0.3) is 9.88 Å². The molecule has 1 aromatic carbocycles. The lowest BCUT2D eigenvalue weighted by Crippen LogP contribution is -2.23. The Balaban J connectivity index is 1.63. The number of hydrogen-bond donors (Lipinski definition) is 1. The Morgan fingerprint density at radius 1 is 1.23 bits per heavy atom. The van der Waals surface area contributed by atoms with Crippen LogP contribution in [0.2, 0.25) is 0 Å². The number of carbonyl (C=O) groups excluding carboxylic acids is 1. The van der Waals surface area contributed by atoms with Gasteiger partial charge >= 0.3 is 0 Å². The summed E-state index contributed by atoms with van der Waals surface area (Å²) in [6.07, 6.45) is 0. The smallest absolute Gasteiger partial charge is 0.269 e. The van der Waals surface area contributed by atoms with Gasteiger partial charge < -0.3 is 0 Å². The molecule has 0 saturated carbocycles. The van der Waals surface area contributed by atoms with Gasteiger partial charge in [0.25, 0.3) is 5.91 Å². The van der Waals surface area contributed by atoms with E-state index in [0.29, 0.717) is 17.2 Å². The maximum Gasteiger partial charge on any atom is 0.286 e. The zero-order valence-corrected chi connectivity index (χ0v) is 13.5. The van der Waals surface area contributed by atoms with Crippen molar-refractivity contribution in [1.82, 2.24) is 10.5 Å². The number of hydroxylamine groups is 1. The van der Waals surface area contributed by atoms with E-state index in [0.717, 1.165) is 15.4 Å². The third-order valence-electron chi connectivity index (χ3n) is 2.98. The lowest BCUT2D eigenvalue weighted by molar-refractivity contribution is 0.0236. The molecular formula is C16H14N2O2S2. The van der Waals surface area contributed by atoms with Gasteiger partial charge in [-0.25, -0.2) is 10.5 Å². The molecule has 0 saturated heterocycles. The molecule has 0 aliphatic carbocycles. The maximum atomic E-state index is 12.2. The first kappa shape index (κ1) is 14.9. The molecule has 0 fully saturated rings. The van der Waals surface area contributed by atoms with E-state index in [2.05, 4.69) is 10.5 Å². The van der Waals surface area contributed by atoms with Crippen LogP contribution in [0.3, 0.4) is 0 Å². The molecule has 2 aromatic heterocycles. The average molecular weight is 330 g/mol. The third-order valence-corrected chi connectivity index (χ3v) is 5.18. The molecule has 0 unspecified atom stereocenters. The first-order valence-electron chi connectivity index (χ1n) is 6.71. The summed E-state index contributed by atoms with van der Waals surface area (Å²) in [5.74, 6) is -0.256. The molecule has 0 aliphatic rings. The Morgan fingerprint density at radius 2 is 2.05 bits per heavy atom. The van der Waals surface area contributed by atoms with Gasteiger partial charge in [-0.3, -0.25) is 9.63 Å². The summed E-state index contributed by atoms with van der Waals surface area (Å²) >= 11 is 2.99. The summed E-state index contributed by atoms with van der Waals surface area (Å²) in [5.41, 5.74) is 4.20. The van der Waals surface area contributed by atoms with E-state index >= 15 is 0 Å². The number of hydrogen-bond acceptors (Lipinski definition) is 5. The van der Waals surface area contributed by atoms with E-state index in [9.17, 15) is 4.79 Å². The molecule has 0 spiro atoms. The fourth-order valence-corrected chi connectivity index (χ4v) is 3.67. The Hall–Kier alpha value is -2.02. The molecule has 1 N–H and O–H groups in total. The second-order valence-corrected chi connectivity index (χ2v) is 6.56. The number of aryl methyl sites for hydroxylation is 1. The van der Waals surface area contributed by atoms with Gasteiger partial charge in [0.15, 0.2) is 0 Å². The van der Waals surface area contributed by atoms with Gasteiger partial charge in [0, 0.05) is 0 Å². The average Bonchev–Trinajstić information content (AvgIpc) is 3.17. The SMILES string of the molecule is Cc1nc(-c2cccs2)sc1C(=O)NOCc1ccccc1. The molecular weight excluding hydrogens is 316 g/mol. The normalized spacial score (nSPS) is 10.6. The van der Waals surface area contributed by atoms with Crippen LogP contribution in [0, 0.1) is 6.92 Å². The maximum absolute atomic E-state index is 12.2. The number of thiophene rings is 1. The largest absolute Gasteiger partial charge is 0.286 e. The number of carbonyl (C=O) groups is 1. The van der Waals surface area contributed by atoms with Crippen LogP contribution >= 0.6 is 22.7 Å². The van der Waals surface area contributed by atoms with Crippen LogP contribution in [-0.4, -0.2) is 10.9 Å². The van der Waals surface area contributed by atoms with Crippen molar-refractivity contribution in [3.05, 3.63) is 64.0 Å². The molecule has 3 rings (SSSR count). The highest BCUT2D eigenvalue weighted by molar-refractivity contribution is 7.22. The second kappa shape index (κ2) is 6.83. The van der Waals surface area contributed by atoms with Crippen molar-refractivity contribution in [2.75, 3.05) is 0 Å². The van der Waals surface area contributed by atoms with Gasteiger partial charge in [0.05, 0.1) is 17.2 Å². The molecule has 6 heteroatoms. The van der Waals surface area contributed by atoms with Crippen LogP contribution in [0.4, 0.5) is 0 Å². The Labute approximate surface area is 136 Å². The fourth-order valence-electron chi connectivity index (χ4n) is 1.92. The van der Waals surface area contributed by atoms with E-state index in [4.69, 9.17) is 4.84 Å². The first-order valence-corrected chi connectivity index (χ1v) is 8.41. The molecule has 112 valence electrons. The van der Waals surface area contributed by atoms with Crippen LogP contribution in [0.5, 0.6) is 0 Å². The zero-order valence-electron chi connectivity index (χ0n) is 11.9. The fraction of sp³-hybridized carbons (Fsp3) is 0.125. The zero-order chi connectivity index (χ0) is 15.4. The van der Waals surface area contributed by atoms with E-state index in [1.54, 1.807) is 11.3 Å². The van der Waals surface area contributed by atoms with Crippen LogP contribution in [0.15, 0.2) is 47.8 Å². The molecule has 1 amide bonds. The van der Waals surface area contributed by atoms with Crippen molar-refractivity contribution in [2.24, 2.45) is 0 Å². The van der Waals surface area contributed by atoms with Gasteiger partial charge in [-0.2, -0.15) is 0 Å². The van der Waals surface area contributed by atoms with Gasteiger partial charge in [0.1, 0.15) is 9.88 Å². The standard InChI is InChI=1S/C16H14N2O2S2/c1-11-14(22-16(17-11)13-8-5-9-21-13)15(19)18-20-10-12-6-3-2-4-7-12/h2-9H,10H2,1H3,(H,18,19). The minimum Gasteiger partial charge on any atom is -0.269 e. The highest BCUT2D eigenvalue weighted by atomic mass is 32.1. The summed E-state index contributed by atoms with van der Waals surface area (Å²) in [7, 11) is 0. The highest BCUT2D eigenvalue weighted by Gasteiger charge is 2.16.